The molecular weight excluding hydrogens is 462 g/mol. The van der Waals surface area contributed by atoms with Crippen LogP contribution in [-0.2, 0) is 14.4 Å². The second-order valence-electron chi connectivity index (χ2n) is 15.1. The summed E-state index contributed by atoms with van der Waals surface area (Å²) in [5, 5.41) is 20.1. The third kappa shape index (κ3) is 3.11. The van der Waals surface area contributed by atoms with Gasteiger partial charge in [0.2, 0.25) is 0 Å². The summed E-state index contributed by atoms with van der Waals surface area (Å²) >= 11 is 0. The average molecular weight is 508 g/mol. The van der Waals surface area contributed by atoms with E-state index in [1.165, 1.54) is 5.57 Å². The Morgan fingerprint density at radius 2 is 1.68 bits per heavy atom. The molecule has 5 nitrogen and oxygen atoms in total. The molecule has 9 atom stereocenters. The summed E-state index contributed by atoms with van der Waals surface area (Å²) in [6.07, 6.45) is 9.46. The molecule has 5 rings (SSSR count). The number of aliphatic carboxylic acids is 1. The minimum Gasteiger partial charge on any atom is -0.481 e. The summed E-state index contributed by atoms with van der Waals surface area (Å²) in [6.45, 7) is 15.0. The van der Waals surface area contributed by atoms with Crippen molar-refractivity contribution >= 4 is 17.5 Å². The van der Waals surface area contributed by atoms with Crippen LogP contribution >= 0.6 is 0 Å². The second-order valence-corrected chi connectivity index (χ2v) is 15.1. The van der Waals surface area contributed by atoms with E-state index < -0.39 is 28.1 Å². The van der Waals surface area contributed by atoms with Gasteiger partial charge in [-0.05, 0) is 104 Å². The lowest BCUT2D eigenvalue weighted by Gasteiger charge is -2.70. The van der Waals surface area contributed by atoms with Crippen LogP contribution in [0.15, 0.2) is 11.6 Å². The van der Waals surface area contributed by atoms with Crippen molar-refractivity contribution in [3.63, 3.8) is 0 Å². The molecule has 0 bridgehead atoms. The van der Waals surface area contributed by atoms with Gasteiger partial charge >= 0.3 is 5.97 Å². The number of carbonyl (C=O) groups is 3. The first kappa shape index (κ1) is 26.6. The molecule has 0 amide bonds. The van der Waals surface area contributed by atoms with Crippen LogP contribution in [0.5, 0.6) is 0 Å². The van der Waals surface area contributed by atoms with Crippen LogP contribution in [0.2, 0.25) is 0 Å². The largest absolute Gasteiger partial charge is 0.481 e. The highest BCUT2D eigenvalue weighted by molar-refractivity contribution is 5.97. The van der Waals surface area contributed by atoms with Crippen molar-refractivity contribution in [3.8, 4) is 6.07 Å². The van der Waals surface area contributed by atoms with Crippen molar-refractivity contribution in [2.24, 2.45) is 56.2 Å². The number of nitriles is 1. The van der Waals surface area contributed by atoms with Gasteiger partial charge in [-0.3, -0.25) is 14.4 Å². The quantitative estimate of drug-likeness (QED) is 0.445. The van der Waals surface area contributed by atoms with Crippen molar-refractivity contribution in [3.05, 3.63) is 11.6 Å². The first-order chi connectivity index (χ1) is 17.1. The van der Waals surface area contributed by atoms with Crippen LogP contribution in [0.25, 0.3) is 0 Å². The lowest BCUT2D eigenvalue weighted by Crippen LogP contribution is -2.67. The summed E-state index contributed by atoms with van der Waals surface area (Å²) in [5.41, 5.74) is -1.02. The highest BCUT2D eigenvalue weighted by Gasteiger charge is 2.71. The Morgan fingerprint density at radius 3 is 2.27 bits per heavy atom. The van der Waals surface area contributed by atoms with E-state index in [0.29, 0.717) is 19.3 Å². The Balaban J connectivity index is 1.66. The minimum atomic E-state index is -0.763. The molecule has 0 aromatic rings. The highest BCUT2D eigenvalue weighted by Crippen LogP contribution is 2.75. The predicted octanol–water partition coefficient (Wildman–Crippen LogP) is 6.76. The maximum atomic E-state index is 14.4. The van der Waals surface area contributed by atoms with Crippen LogP contribution in [0, 0.1) is 67.5 Å². The maximum absolute atomic E-state index is 14.4. The number of carboxylic acid groups (broad SMARTS) is 1. The molecule has 0 heterocycles. The zero-order valence-electron chi connectivity index (χ0n) is 23.9. The van der Waals surface area contributed by atoms with Crippen molar-refractivity contribution in [1.29, 1.82) is 5.26 Å². The lowest BCUT2D eigenvalue weighted by molar-refractivity contribution is -0.192. The van der Waals surface area contributed by atoms with Crippen LogP contribution in [0.4, 0.5) is 0 Å². The van der Waals surface area contributed by atoms with E-state index in [1.807, 2.05) is 26.8 Å². The molecule has 4 fully saturated rings. The molecule has 5 aliphatic carbocycles. The Labute approximate surface area is 222 Å². The van der Waals surface area contributed by atoms with Gasteiger partial charge in [-0.2, -0.15) is 5.26 Å². The summed E-state index contributed by atoms with van der Waals surface area (Å²) in [5.74, 6) is -1.26. The molecule has 37 heavy (non-hydrogen) atoms. The summed E-state index contributed by atoms with van der Waals surface area (Å²) < 4.78 is 0. The maximum Gasteiger partial charge on any atom is 0.309 e. The number of nitrogens with zero attached hydrogens (tertiary/aromatic N) is 1. The highest BCUT2D eigenvalue weighted by atomic mass is 16.4. The van der Waals surface area contributed by atoms with Gasteiger partial charge in [0.25, 0.3) is 0 Å². The Kier molecular flexibility index (Phi) is 5.61. The van der Waals surface area contributed by atoms with E-state index >= 15 is 0 Å². The Bertz CT molecular complexity index is 1150. The number of carbonyl (C=O) groups excluding carboxylic acids is 2. The normalized spacial score (nSPS) is 50.5. The Morgan fingerprint density at radius 1 is 1.03 bits per heavy atom. The predicted molar refractivity (Wildman–Crippen MR) is 141 cm³/mol. The smallest absolute Gasteiger partial charge is 0.309 e. The summed E-state index contributed by atoms with van der Waals surface area (Å²) in [7, 11) is 0. The fourth-order valence-corrected chi connectivity index (χ4v) is 10.9. The van der Waals surface area contributed by atoms with Gasteiger partial charge in [0.15, 0.2) is 11.6 Å². The fourth-order valence-electron chi connectivity index (χ4n) is 10.9. The van der Waals surface area contributed by atoms with Crippen molar-refractivity contribution < 1.29 is 19.5 Å². The summed E-state index contributed by atoms with van der Waals surface area (Å²) in [6, 6.07) is 2.29. The van der Waals surface area contributed by atoms with Gasteiger partial charge < -0.3 is 5.11 Å². The second kappa shape index (κ2) is 7.80. The number of hydrogen-bond acceptors (Lipinski definition) is 4. The van der Waals surface area contributed by atoms with E-state index in [4.69, 9.17) is 0 Å². The molecule has 0 aliphatic heterocycles. The van der Waals surface area contributed by atoms with E-state index in [2.05, 4.69) is 33.8 Å². The molecule has 0 spiro atoms. The third-order valence-corrected chi connectivity index (χ3v) is 13.4. The lowest BCUT2D eigenvalue weighted by atomic mass is 9.33. The van der Waals surface area contributed by atoms with Gasteiger partial charge in [0.05, 0.1) is 11.5 Å². The third-order valence-electron chi connectivity index (χ3n) is 13.4. The molecule has 0 radical (unpaired) electrons. The number of rotatable bonds is 2. The van der Waals surface area contributed by atoms with Gasteiger partial charge in [-0.15, -0.1) is 0 Å². The molecule has 1 N–H and O–H groups in total. The molecule has 1 unspecified atom stereocenters. The SMILES string of the molecule is CC[C@]12CC[C@](C)(C(=O)O)C[C@@H]1C1=CC(=O)[C@@H]3[C@@]4(C)CC(C#N)C(=O)C(C)(C)[C@@H]4CC[C@@]3(C)[C@]1(C)CC2. The van der Waals surface area contributed by atoms with Gasteiger partial charge in [0, 0.05) is 11.3 Å². The van der Waals surface area contributed by atoms with Crippen LogP contribution in [0.1, 0.15) is 106 Å². The van der Waals surface area contributed by atoms with Crippen molar-refractivity contribution in [2.75, 3.05) is 0 Å². The minimum absolute atomic E-state index is 0.0346. The van der Waals surface area contributed by atoms with Crippen LogP contribution in [0.3, 0.4) is 0 Å². The van der Waals surface area contributed by atoms with Gasteiger partial charge in [-0.1, -0.05) is 47.1 Å². The first-order valence-electron chi connectivity index (χ1n) is 14.5. The van der Waals surface area contributed by atoms with Crippen LogP contribution < -0.4 is 0 Å². The molecule has 4 saturated carbocycles. The summed E-state index contributed by atoms with van der Waals surface area (Å²) in [4.78, 5) is 40.0. The molecule has 5 heteroatoms. The zero-order valence-corrected chi connectivity index (χ0v) is 23.9. The van der Waals surface area contributed by atoms with E-state index in [-0.39, 0.29) is 45.6 Å². The monoisotopic (exact) mass is 507 g/mol. The number of fused-ring (bicyclic) bond motifs is 7. The number of ketones is 2. The van der Waals surface area contributed by atoms with Crippen molar-refractivity contribution in [2.45, 2.75) is 106 Å². The van der Waals surface area contributed by atoms with E-state index in [9.17, 15) is 24.8 Å². The molecule has 202 valence electrons. The van der Waals surface area contributed by atoms with Gasteiger partial charge in [0.1, 0.15) is 5.92 Å². The Hall–Kier alpha value is -1.96. The number of carboxylic acids is 1. The van der Waals surface area contributed by atoms with Gasteiger partial charge in [-0.25, -0.2) is 0 Å². The molecule has 0 aromatic heterocycles. The number of hydrogen-bond donors (Lipinski definition) is 1. The molecule has 0 saturated heterocycles. The first-order valence-corrected chi connectivity index (χ1v) is 14.5. The topological polar surface area (TPSA) is 95.2 Å². The van der Waals surface area contributed by atoms with E-state index in [1.54, 1.807) is 0 Å². The molecular formula is C32H45NO4. The zero-order chi connectivity index (χ0) is 27.4. The molecule has 0 aromatic carbocycles. The standard InChI is InChI=1S/C32H45NO4/c1-8-32-13-11-28(4,26(36)37)17-21(32)20-15-22(34)24-29(5)16-19(18-33)25(35)27(2,3)23(29)9-10-31(24,7)30(20,6)12-14-32/h15,19,21,23-24H,8-14,16-17H2,1-7H3,(H,36,37)/t19?,21-,23+,24-,28+,29+,30-,31-,32-/m1/s1. The molecule has 5 aliphatic rings. The fraction of sp³-hybridized carbons (Fsp3) is 0.812. The number of Topliss-reactive ketones (excluding diaryl/α,β-unsaturated/α-hetero) is 1. The van der Waals surface area contributed by atoms with Crippen molar-refractivity contribution in [1.82, 2.24) is 0 Å². The average Bonchev–Trinajstić information content (AvgIpc) is 2.82. The van der Waals surface area contributed by atoms with Crippen LogP contribution in [-0.4, -0.2) is 22.6 Å². The van der Waals surface area contributed by atoms with E-state index in [0.717, 1.165) is 38.5 Å². The number of allylic oxidation sites excluding steroid dienone is 2.